The number of hydrogen-bond acceptors (Lipinski definition) is 5. The normalized spacial score (nSPS) is 23.0. The molecule has 1 aromatic carbocycles. The number of benzene rings is 1. The van der Waals surface area contributed by atoms with Crippen molar-refractivity contribution in [2.45, 2.75) is 38.9 Å². The molecule has 0 aromatic heterocycles. The summed E-state index contributed by atoms with van der Waals surface area (Å²) in [6, 6.07) is 8.29. The largest absolute Gasteiger partial charge is 0.494 e. The van der Waals surface area contributed by atoms with Crippen molar-refractivity contribution < 1.29 is 19.2 Å². The zero-order chi connectivity index (χ0) is 18.2. The van der Waals surface area contributed by atoms with Crippen molar-refractivity contribution in [1.29, 1.82) is 0 Å². The van der Waals surface area contributed by atoms with Gasteiger partial charge in [0.1, 0.15) is 0 Å². The first kappa shape index (κ1) is 18.2. The Bertz CT molecular complexity index is 608. The Kier molecular flexibility index (Phi) is 4.83. The van der Waals surface area contributed by atoms with Crippen molar-refractivity contribution in [2.75, 3.05) is 37.6 Å². The van der Waals surface area contributed by atoms with E-state index in [0.717, 1.165) is 37.3 Å². The minimum Gasteiger partial charge on any atom is -0.480 e. The lowest BCUT2D eigenvalue weighted by Gasteiger charge is -2.35. The molecule has 1 aromatic rings. The van der Waals surface area contributed by atoms with E-state index in [4.69, 9.17) is 14.4 Å². The number of rotatable bonds is 4. The third-order valence-corrected chi connectivity index (χ3v) is 5.51. The molecule has 2 aliphatic heterocycles. The summed E-state index contributed by atoms with van der Waals surface area (Å²) in [4.78, 5) is 15.0. The second-order valence-electron chi connectivity index (χ2n) is 7.84. The van der Waals surface area contributed by atoms with E-state index in [9.17, 15) is 4.79 Å². The van der Waals surface area contributed by atoms with Crippen LogP contribution in [0.3, 0.4) is 0 Å². The average molecular weight is 346 g/mol. The van der Waals surface area contributed by atoms with Crippen molar-refractivity contribution in [3.63, 3.8) is 0 Å². The second-order valence-corrected chi connectivity index (χ2v) is 7.84. The van der Waals surface area contributed by atoms with Gasteiger partial charge in [-0.05, 0) is 45.3 Å². The summed E-state index contributed by atoms with van der Waals surface area (Å²) in [5.41, 5.74) is 1.50. The molecule has 2 saturated heterocycles. The van der Waals surface area contributed by atoms with Crippen LogP contribution in [0.4, 0.5) is 5.69 Å². The fourth-order valence-electron chi connectivity index (χ4n) is 3.18. The number of aliphatic carboxylic acids is 1. The van der Waals surface area contributed by atoms with Gasteiger partial charge in [0, 0.05) is 31.9 Å². The van der Waals surface area contributed by atoms with Crippen LogP contribution in [-0.4, -0.2) is 67.0 Å². The standard InChI is InChI=1S/C18H27BN2O4/c1-17(2)18(3,4)25-19(24-17)14-5-7-15(8-6-14)21-11-9-20(10-12-21)13-16(22)23/h5-8H,9-13H2,1-4H3,(H,22,23). The second kappa shape index (κ2) is 6.63. The predicted octanol–water partition coefficient (Wildman–Crippen LogP) is 1.19. The van der Waals surface area contributed by atoms with Crippen LogP contribution in [0.5, 0.6) is 0 Å². The highest BCUT2D eigenvalue weighted by Gasteiger charge is 2.51. The van der Waals surface area contributed by atoms with Crippen LogP contribution < -0.4 is 10.4 Å². The summed E-state index contributed by atoms with van der Waals surface area (Å²) in [6.45, 7) is 11.5. The minimum absolute atomic E-state index is 0.120. The molecule has 25 heavy (non-hydrogen) atoms. The van der Waals surface area contributed by atoms with Crippen LogP contribution in [0.1, 0.15) is 27.7 Å². The lowest BCUT2D eigenvalue weighted by Crippen LogP contribution is -2.48. The van der Waals surface area contributed by atoms with E-state index in [1.165, 1.54) is 0 Å². The molecule has 0 bridgehead atoms. The van der Waals surface area contributed by atoms with Gasteiger partial charge in [0.05, 0.1) is 17.7 Å². The van der Waals surface area contributed by atoms with Gasteiger partial charge in [-0.25, -0.2) is 0 Å². The summed E-state index contributed by atoms with van der Waals surface area (Å²) in [5.74, 6) is -0.764. The molecule has 6 nitrogen and oxygen atoms in total. The first-order valence-electron chi connectivity index (χ1n) is 8.83. The smallest absolute Gasteiger partial charge is 0.480 e. The van der Waals surface area contributed by atoms with Crippen LogP contribution in [0.2, 0.25) is 0 Å². The van der Waals surface area contributed by atoms with E-state index in [2.05, 4.69) is 56.9 Å². The van der Waals surface area contributed by atoms with Crippen LogP contribution in [0.25, 0.3) is 0 Å². The average Bonchev–Trinajstić information content (AvgIpc) is 2.76. The van der Waals surface area contributed by atoms with Crippen LogP contribution >= 0.6 is 0 Å². The van der Waals surface area contributed by atoms with Crippen molar-refractivity contribution in [1.82, 2.24) is 4.90 Å². The van der Waals surface area contributed by atoms with Gasteiger partial charge >= 0.3 is 13.1 Å². The molecule has 0 aliphatic carbocycles. The maximum absolute atomic E-state index is 10.8. The molecule has 0 atom stereocenters. The maximum atomic E-state index is 10.8. The van der Waals surface area contributed by atoms with E-state index in [1.807, 2.05) is 4.90 Å². The molecule has 0 unspecified atom stereocenters. The van der Waals surface area contributed by atoms with Crippen LogP contribution in [0.15, 0.2) is 24.3 Å². The highest BCUT2D eigenvalue weighted by molar-refractivity contribution is 6.62. The Labute approximate surface area is 149 Å². The number of carbonyl (C=O) groups is 1. The fraction of sp³-hybridized carbons (Fsp3) is 0.611. The van der Waals surface area contributed by atoms with Gasteiger partial charge in [-0.3, -0.25) is 9.69 Å². The van der Waals surface area contributed by atoms with Crippen LogP contribution in [0, 0.1) is 0 Å². The van der Waals surface area contributed by atoms with Gasteiger partial charge in [-0.2, -0.15) is 0 Å². The summed E-state index contributed by atoms with van der Waals surface area (Å²) >= 11 is 0. The molecule has 1 N–H and O–H groups in total. The molecule has 0 amide bonds. The van der Waals surface area contributed by atoms with E-state index in [1.54, 1.807) is 0 Å². The Morgan fingerprint density at radius 3 is 2.04 bits per heavy atom. The Morgan fingerprint density at radius 1 is 1.04 bits per heavy atom. The van der Waals surface area contributed by atoms with E-state index in [-0.39, 0.29) is 24.9 Å². The summed E-state index contributed by atoms with van der Waals surface area (Å²) in [5, 5.41) is 8.88. The number of carboxylic acid groups (broad SMARTS) is 1. The van der Waals surface area contributed by atoms with Gasteiger partial charge in [-0.1, -0.05) is 12.1 Å². The molecule has 7 heteroatoms. The summed E-state index contributed by atoms with van der Waals surface area (Å²) in [7, 11) is -0.341. The highest BCUT2D eigenvalue weighted by atomic mass is 16.7. The monoisotopic (exact) mass is 346 g/mol. The van der Waals surface area contributed by atoms with Gasteiger partial charge in [0.2, 0.25) is 0 Å². The fourth-order valence-corrected chi connectivity index (χ4v) is 3.18. The highest BCUT2D eigenvalue weighted by Crippen LogP contribution is 2.36. The Balaban J connectivity index is 1.61. The molecule has 2 fully saturated rings. The molecule has 0 saturated carbocycles. The van der Waals surface area contributed by atoms with Crippen molar-refractivity contribution >= 4 is 24.2 Å². The Hall–Kier alpha value is -1.57. The number of nitrogens with zero attached hydrogens (tertiary/aromatic N) is 2. The van der Waals surface area contributed by atoms with Gasteiger partial charge < -0.3 is 19.3 Å². The number of anilines is 1. The molecular formula is C18H27BN2O4. The lowest BCUT2D eigenvalue weighted by atomic mass is 9.79. The molecule has 0 spiro atoms. The number of hydrogen-bond donors (Lipinski definition) is 1. The van der Waals surface area contributed by atoms with E-state index in [0.29, 0.717) is 0 Å². The van der Waals surface area contributed by atoms with Crippen LogP contribution in [-0.2, 0) is 14.1 Å². The first-order chi connectivity index (χ1) is 11.7. The first-order valence-corrected chi connectivity index (χ1v) is 8.83. The predicted molar refractivity (Wildman–Crippen MR) is 98.4 cm³/mol. The van der Waals surface area contributed by atoms with E-state index < -0.39 is 5.97 Å². The maximum Gasteiger partial charge on any atom is 0.494 e. The zero-order valence-corrected chi connectivity index (χ0v) is 15.5. The zero-order valence-electron chi connectivity index (χ0n) is 15.5. The summed E-state index contributed by atoms with van der Waals surface area (Å²) in [6.07, 6.45) is 0. The van der Waals surface area contributed by atoms with Crippen molar-refractivity contribution in [2.24, 2.45) is 0 Å². The minimum atomic E-state index is -0.764. The van der Waals surface area contributed by atoms with Gasteiger partial charge in [-0.15, -0.1) is 0 Å². The summed E-state index contributed by atoms with van der Waals surface area (Å²) < 4.78 is 12.2. The Morgan fingerprint density at radius 2 is 1.56 bits per heavy atom. The molecule has 2 aliphatic rings. The third-order valence-electron chi connectivity index (χ3n) is 5.51. The van der Waals surface area contributed by atoms with Crippen molar-refractivity contribution in [3.8, 4) is 0 Å². The number of carboxylic acids is 1. The van der Waals surface area contributed by atoms with E-state index >= 15 is 0 Å². The van der Waals surface area contributed by atoms with Gasteiger partial charge in [0.25, 0.3) is 0 Å². The third kappa shape index (κ3) is 3.83. The molecule has 0 radical (unpaired) electrons. The molecular weight excluding hydrogens is 319 g/mol. The van der Waals surface area contributed by atoms with Gasteiger partial charge in [0.15, 0.2) is 0 Å². The SMILES string of the molecule is CC1(C)OB(c2ccc(N3CCN(CC(=O)O)CC3)cc2)OC1(C)C. The topological polar surface area (TPSA) is 62.2 Å². The quantitative estimate of drug-likeness (QED) is 0.827. The molecule has 2 heterocycles. The van der Waals surface area contributed by atoms with Crippen molar-refractivity contribution in [3.05, 3.63) is 24.3 Å². The molecule has 136 valence electrons. The lowest BCUT2D eigenvalue weighted by molar-refractivity contribution is -0.138. The molecule has 3 rings (SSSR count). The number of piperazine rings is 1.